The van der Waals surface area contributed by atoms with E-state index in [9.17, 15) is 9.18 Å². The van der Waals surface area contributed by atoms with Gasteiger partial charge in [0.2, 0.25) is 0 Å². The number of carbonyl (C=O) groups is 1. The third-order valence-corrected chi connectivity index (χ3v) is 5.31. The molecule has 2 amide bonds. The molecule has 3 rings (SSSR count). The van der Waals surface area contributed by atoms with Gasteiger partial charge in [0.25, 0.3) is 0 Å². The molecular formula is C21H32FN3O2. The van der Waals surface area contributed by atoms with Crippen molar-refractivity contribution >= 4 is 6.03 Å². The van der Waals surface area contributed by atoms with Crippen LogP contribution in [0.2, 0.25) is 0 Å². The van der Waals surface area contributed by atoms with Crippen LogP contribution in [0.5, 0.6) is 0 Å². The summed E-state index contributed by atoms with van der Waals surface area (Å²) < 4.78 is 18.6. The monoisotopic (exact) mass is 377 g/mol. The molecule has 1 saturated heterocycles. The lowest BCUT2D eigenvalue weighted by Crippen LogP contribution is -2.51. The molecule has 1 aliphatic heterocycles. The topological polar surface area (TPSA) is 44.8 Å². The second-order valence-corrected chi connectivity index (χ2v) is 8.10. The normalized spacial score (nSPS) is 19.1. The molecule has 150 valence electrons. The Kier molecular flexibility index (Phi) is 7.07. The molecule has 1 aliphatic carbocycles. The lowest BCUT2D eigenvalue weighted by molar-refractivity contribution is 0.0126. The number of nitrogens with zero attached hydrogens (tertiary/aromatic N) is 2. The van der Waals surface area contributed by atoms with Crippen molar-refractivity contribution < 1.29 is 13.9 Å². The number of ether oxygens (including phenoxy) is 1. The molecule has 1 aromatic carbocycles. The van der Waals surface area contributed by atoms with E-state index in [1.165, 1.54) is 12.1 Å². The molecule has 0 spiro atoms. The van der Waals surface area contributed by atoms with Crippen molar-refractivity contribution in [2.24, 2.45) is 5.92 Å². The fraction of sp³-hybridized carbons (Fsp3) is 0.667. The quantitative estimate of drug-likeness (QED) is 0.756. The predicted octanol–water partition coefficient (Wildman–Crippen LogP) is 3.25. The van der Waals surface area contributed by atoms with Gasteiger partial charge in [-0.3, -0.25) is 4.90 Å². The Balaban J connectivity index is 1.57. The zero-order valence-electron chi connectivity index (χ0n) is 16.5. The van der Waals surface area contributed by atoms with Gasteiger partial charge in [0.1, 0.15) is 5.82 Å². The second-order valence-electron chi connectivity index (χ2n) is 8.10. The number of amides is 2. The molecule has 1 saturated carbocycles. The molecule has 1 aromatic rings. The molecule has 1 unspecified atom stereocenters. The van der Waals surface area contributed by atoms with Crippen molar-refractivity contribution in [3.63, 3.8) is 0 Å². The van der Waals surface area contributed by atoms with Gasteiger partial charge in [0.05, 0.1) is 13.2 Å². The van der Waals surface area contributed by atoms with Crippen LogP contribution >= 0.6 is 0 Å². The summed E-state index contributed by atoms with van der Waals surface area (Å²) in [5.74, 6) is 0.330. The van der Waals surface area contributed by atoms with E-state index in [1.807, 2.05) is 4.90 Å². The highest BCUT2D eigenvalue weighted by Crippen LogP contribution is 2.28. The molecule has 2 aliphatic rings. The summed E-state index contributed by atoms with van der Waals surface area (Å²) in [6.07, 6.45) is 3.16. The van der Waals surface area contributed by atoms with Crippen LogP contribution < -0.4 is 5.32 Å². The van der Waals surface area contributed by atoms with E-state index in [1.54, 1.807) is 12.1 Å². The fourth-order valence-electron chi connectivity index (χ4n) is 3.69. The lowest BCUT2D eigenvalue weighted by atomic mass is 10.0. The third kappa shape index (κ3) is 6.18. The maximum absolute atomic E-state index is 13.1. The van der Waals surface area contributed by atoms with E-state index < -0.39 is 0 Å². The van der Waals surface area contributed by atoms with Crippen LogP contribution in [0.3, 0.4) is 0 Å². The smallest absolute Gasteiger partial charge is 0.318 e. The SMILES string of the molecule is CC(C)CC(CNC(=O)N(Cc1ccc(F)cc1)C1CC1)N1CCOCC1. The summed E-state index contributed by atoms with van der Waals surface area (Å²) in [7, 11) is 0. The third-order valence-electron chi connectivity index (χ3n) is 5.31. The number of carbonyl (C=O) groups excluding carboxylic acids is 1. The molecular weight excluding hydrogens is 345 g/mol. The molecule has 0 radical (unpaired) electrons. The van der Waals surface area contributed by atoms with Gasteiger partial charge in [-0.15, -0.1) is 0 Å². The summed E-state index contributed by atoms with van der Waals surface area (Å²) in [5, 5.41) is 3.17. The van der Waals surface area contributed by atoms with Crippen LogP contribution in [0.15, 0.2) is 24.3 Å². The molecule has 0 bridgehead atoms. The van der Waals surface area contributed by atoms with Crippen molar-refractivity contribution in [1.29, 1.82) is 0 Å². The summed E-state index contributed by atoms with van der Waals surface area (Å²) in [6, 6.07) is 7.06. The van der Waals surface area contributed by atoms with Gasteiger partial charge in [-0.05, 0) is 42.9 Å². The van der Waals surface area contributed by atoms with Crippen molar-refractivity contribution in [3.05, 3.63) is 35.6 Å². The van der Waals surface area contributed by atoms with Crippen LogP contribution in [0.4, 0.5) is 9.18 Å². The summed E-state index contributed by atoms with van der Waals surface area (Å²) in [4.78, 5) is 17.2. The highest BCUT2D eigenvalue weighted by molar-refractivity contribution is 5.75. The maximum Gasteiger partial charge on any atom is 0.318 e. The number of morpholine rings is 1. The minimum atomic E-state index is -0.247. The van der Waals surface area contributed by atoms with Crippen molar-refractivity contribution in [2.75, 3.05) is 32.8 Å². The van der Waals surface area contributed by atoms with E-state index in [4.69, 9.17) is 4.74 Å². The number of urea groups is 1. The van der Waals surface area contributed by atoms with Crippen LogP contribution in [-0.2, 0) is 11.3 Å². The molecule has 5 nitrogen and oxygen atoms in total. The highest BCUT2D eigenvalue weighted by atomic mass is 19.1. The molecule has 1 N–H and O–H groups in total. The predicted molar refractivity (Wildman–Crippen MR) is 104 cm³/mol. The first kappa shape index (κ1) is 20.1. The Hall–Kier alpha value is -1.66. The first-order chi connectivity index (χ1) is 13.0. The molecule has 1 atom stereocenters. The van der Waals surface area contributed by atoms with Gasteiger partial charge >= 0.3 is 6.03 Å². The van der Waals surface area contributed by atoms with Gasteiger partial charge in [-0.1, -0.05) is 26.0 Å². The Bertz CT molecular complexity index is 598. The second kappa shape index (κ2) is 9.51. The zero-order chi connectivity index (χ0) is 19.2. The van der Waals surface area contributed by atoms with Gasteiger partial charge in [0, 0.05) is 38.3 Å². The Morgan fingerprint density at radius 2 is 1.93 bits per heavy atom. The van der Waals surface area contributed by atoms with Crippen LogP contribution in [0.1, 0.15) is 38.7 Å². The molecule has 6 heteroatoms. The first-order valence-electron chi connectivity index (χ1n) is 10.1. The summed E-state index contributed by atoms with van der Waals surface area (Å²) >= 11 is 0. The number of benzene rings is 1. The van der Waals surface area contributed by atoms with Crippen molar-refractivity contribution in [1.82, 2.24) is 15.1 Å². The Morgan fingerprint density at radius 3 is 2.52 bits per heavy atom. The van der Waals surface area contributed by atoms with E-state index in [2.05, 4.69) is 24.1 Å². The Morgan fingerprint density at radius 1 is 1.26 bits per heavy atom. The van der Waals surface area contributed by atoms with Crippen LogP contribution in [0, 0.1) is 11.7 Å². The minimum absolute atomic E-state index is 0.0103. The van der Waals surface area contributed by atoms with Crippen LogP contribution in [-0.4, -0.2) is 60.8 Å². The minimum Gasteiger partial charge on any atom is -0.379 e. The summed E-state index contributed by atoms with van der Waals surface area (Å²) in [5.41, 5.74) is 0.963. The van der Waals surface area contributed by atoms with Crippen molar-refractivity contribution in [3.8, 4) is 0 Å². The van der Waals surface area contributed by atoms with E-state index in [0.717, 1.165) is 51.1 Å². The van der Waals surface area contributed by atoms with Gasteiger partial charge in [-0.25, -0.2) is 9.18 Å². The molecule has 27 heavy (non-hydrogen) atoms. The first-order valence-corrected chi connectivity index (χ1v) is 10.1. The van der Waals surface area contributed by atoms with E-state index in [0.29, 0.717) is 31.1 Å². The van der Waals surface area contributed by atoms with Crippen molar-refractivity contribution in [2.45, 2.75) is 51.7 Å². The largest absolute Gasteiger partial charge is 0.379 e. The zero-order valence-corrected chi connectivity index (χ0v) is 16.5. The van der Waals surface area contributed by atoms with Gasteiger partial charge in [0.15, 0.2) is 0 Å². The van der Waals surface area contributed by atoms with E-state index in [-0.39, 0.29) is 11.8 Å². The number of hydrogen-bond donors (Lipinski definition) is 1. The number of rotatable bonds is 8. The summed E-state index contributed by atoms with van der Waals surface area (Å²) in [6.45, 7) is 9.01. The maximum atomic E-state index is 13.1. The fourth-order valence-corrected chi connectivity index (χ4v) is 3.69. The molecule has 0 aromatic heterocycles. The molecule has 2 fully saturated rings. The van der Waals surface area contributed by atoms with Crippen LogP contribution in [0.25, 0.3) is 0 Å². The average molecular weight is 378 g/mol. The Labute approximate surface area is 161 Å². The highest BCUT2D eigenvalue weighted by Gasteiger charge is 2.33. The number of nitrogens with one attached hydrogen (secondary N) is 1. The average Bonchev–Trinajstić information content (AvgIpc) is 3.50. The lowest BCUT2D eigenvalue weighted by Gasteiger charge is -2.36. The standard InChI is InChI=1S/C21H32FN3O2/c1-16(2)13-20(24-9-11-27-12-10-24)14-23-21(26)25(19-7-8-19)15-17-3-5-18(22)6-4-17/h3-6,16,19-20H,7-15H2,1-2H3,(H,23,26). The van der Waals surface area contributed by atoms with Gasteiger partial charge in [-0.2, -0.15) is 0 Å². The number of halogens is 1. The van der Waals surface area contributed by atoms with Gasteiger partial charge < -0.3 is 15.0 Å². The number of hydrogen-bond acceptors (Lipinski definition) is 3. The van der Waals surface area contributed by atoms with E-state index >= 15 is 0 Å². The molecule has 1 heterocycles.